The fourth-order valence-corrected chi connectivity index (χ4v) is 3.06. The first-order valence-corrected chi connectivity index (χ1v) is 7.22. The molecule has 100 valence electrons. The summed E-state index contributed by atoms with van der Waals surface area (Å²) in [6, 6.07) is 11.2. The van der Waals surface area contributed by atoms with Crippen LogP contribution in [0.1, 0.15) is 45.1 Å². The Morgan fingerprint density at radius 2 is 2.00 bits per heavy atom. The number of benzene rings is 1. The van der Waals surface area contributed by atoms with Crippen molar-refractivity contribution in [1.29, 1.82) is 0 Å². The summed E-state index contributed by atoms with van der Waals surface area (Å²) in [7, 11) is 0. The van der Waals surface area contributed by atoms with Gasteiger partial charge >= 0.3 is 0 Å². The topological polar surface area (TPSA) is 29.3 Å². The molecule has 2 unspecified atom stereocenters. The maximum absolute atomic E-state index is 6.54. The molecule has 1 aliphatic heterocycles. The molecular formula is C16H26N2. The van der Waals surface area contributed by atoms with Gasteiger partial charge < -0.3 is 5.73 Å². The highest BCUT2D eigenvalue weighted by Gasteiger charge is 2.29. The van der Waals surface area contributed by atoms with Crippen LogP contribution in [0.15, 0.2) is 30.3 Å². The van der Waals surface area contributed by atoms with E-state index in [0.717, 1.165) is 12.6 Å². The third-order valence-corrected chi connectivity index (χ3v) is 4.19. The van der Waals surface area contributed by atoms with Crippen molar-refractivity contribution in [2.45, 2.75) is 51.1 Å². The molecule has 0 spiro atoms. The van der Waals surface area contributed by atoms with Crippen LogP contribution in [0, 0.1) is 0 Å². The zero-order valence-electron chi connectivity index (χ0n) is 11.7. The van der Waals surface area contributed by atoms with Gasteiger partial charge in [0, 0.05) is 12.6 Å². The highest BCUT2D eigenvalue weighted by atomic mass is 15.2. The average molecular weight is 246 g/mol. The lowest BCUT2D eigenvalue weighted by molar-refractivity contribution is 0.115. The van der Waals surface area contributed by atoms with Gasteiger partial charge in [-0.1, -0.05) is 43.7 Å². The predicted octanol–water partition coefficient (Wildman–Crippen LogP) is 3.13. The summed E-state index contributed by atoms with van der Waals surface area (Å²) in [5.41, 5.74) is 7.54. The van der Waals surface area contributed by atoms with Gasteiger partial charge in [-0.3, -0.25) is 4.90 Å². The van der Waals surface area contributed by atoms with E-state index in [2.05, 4.69) is 49.1 Å². The van der Waals surface area contributed by atoms with Crippen LogP contribution in [-0.2, 0) is 5.54 Å². The number of likely N-dealkylation sites (tertiary alicyclic amines) is 1. The number of nitrogens with two attached hydrogens (primary N) is 1. The fraction of sp³-hybridized carbons (Fsp3) is 0.625. The molecule has 0 saturated carbocycles. The summed E-state index contributed by atoms with van der Waals surface area (Å²) in [6.07, 6.45) is 5.27. The van der Waals surface area contributed by atoms with Crippen LogP contribution in [0.2, 0.25) is 0 Å². The molecule has 1 aromatic rings. The van der Waals surface area contributed by atoms with E-state index in [0.29, 0.717) is 0 Å². The molecule has 0 radical (unpaired) electrons. The predicted molar refractivity (Wildman–Crippen MR) is 77.5 cm³/mol. The fourth-order valence-electron chi connectivity index (χ4n) is 3.06. The second-order valence-corrected chi connectivity index (χ2v) is 5.81. The Bertz CT molecular complexity index is 359. The van der Waals surface area contributed by atoms with Gasteiger partial charge in [0.05, 0.1) is 5.54 Å². The van der Waals surface area contributed by atoms with Crippen molar-refractivity contribution in [3.05, 3.63) is 35.9 Å². The van der Waals surface area contributed by atoms with Gasteiger partial charge in [0.2, 0.25) is 0 Å². The van der Waals surface area contributed by atoms with E-state index in [-0.39, 0.29) is 5.54 Å². The second-order valence-electron chi connectivity index (χ2n) is 5.81. The van der Waals surface area contributed by atoms with Crippen LogP contribution < -0.4 is 5.73 Å². The van der Waals surface area contributed by atoms with E-state index in [1.165, 1.54) is 37.8 Å². The first-order chi connectivity index (χ1) is 8.63. The van der Waals surface area contributed by atoms with Gasteiger partial charge in [0.15, 0.2) is 0 Å². The molecule has 0 amide bonds. The van der Waals surface area contributed by atoms with Crippen molar-refractivity contribution in [2.24, 2.45) is 5.73 Å². The zero-order chi connectivity index (χ0) is 13.0. The molecule has 2 nitrogen and oxygen atoms in total. The quantitative estimate of drug-likeness (QED) is 0.884. The van der Waals surface area contributed by atoms with Crippen molar-refractivity contribution in [2.75, 3.05) is 13.1 Å². The summed E-state index contributed by atoms with van der Waals surface area (Å²) in [5, 5.41) is 0. The molecule has 2 rings (SSSR count). The minimum atomic E-state index is -0.244. The summed E-state index contributed by atoms with van der Waals surface area (Å²) >= 11 is 0. The SMILES string of the molecule is CCC1CCCCN1CC(C)(N)c1ccccc1. The smallest absolute Gasteiger partial charge is 0.0510 e. The Hall–Kier alpha value is -0.860. The van der Waals surface area contributed by atoms with Gasteiger partial charge in [-0.05, 0) is 38.3 Å². The second kappa shape index (κ2) is 5.85. The number of hydrogen-bond donors (Lipinski definition) is 1. The zero-order valence-corrected chi connectivity index (χ0v) is 11.7. The number of hydrogen-bond acceptors (Lipinski definition) is 2. The lowest BCUT2D eigenvalue weighted by atomic mass is 9.90. The van der Waals surface area contributed by atoms with Gasteiger partial charge in [-0.25, -0.2) is 0 Å². The van der Waals surface area contributed by atoms with Gasteiger partial charge in [0.25, 0.3) is 0 Å². The normalized spacial score (nSPS) is 24.7. The van der Waals surface area contributed by atoms with Crippen LogP contribution in [0.4, 0.5) is 0 Å². The largest absolute Gasteiger partial charge is 0.321 e. The first kappa shape index (κ1) is 13.6. The maximum atomic E-state index is 6.54. The number of rotatable bonds is 4. The summed E-state index contributed by atoms with van der Waals surface area (Å²) in [4.78, 5) is 2.59. The van der Waals surface area contributed by atoms with Crippen molar-refractivity contribution >= 4 is 0 Å². The Balaban J connectivity index is 2.07. The molecule has 1 heterocycles. The first-order valence-electron chi connectivity index (χ1n) is 7.22. The van der Waals surface area contributed by atoms with Crippen LogP contribution in [0.25, 0.3) is 0 Å². The number of piperidine rings is 1. The van der Waals surface area contributed by atoms with Crippen LogP contribution in [0.3, 0.4) is 0 Å². The molecule has 0 aliphatic carbocycles. The highest BCUT2D eigenvalue weighted by molar-refractivity contribution is 5.23. The summed E-state index contributed by atoms with van der Waals surface area (Å²) in [5.74, 6) is 0. The number of nitrogens with zero attached hydrogens (tertiary/aromatic N) is 1. The van der Waals surface area contributed by atoms with E-state index in [4.69, 9.17) is 5.73 Å². The lowest BCUT2D eigenvalue weighted by Gasteiger charge is -2.40. The maximum Gasteiger partial charge on any atom is 0.0510 e. The molecule has 2 N–H and O–H groups in total. The third kappa shape index (κ3) is 3.12. The molecule has 1 aromatic carbocycles. The molecule has 2 heteroatoms. The Kier molecular flexibility index (Phi) is 4.41. The summed E-state index contributed by atoms with van der Waals surface area (Å²) < 4.78 is 0. The van der Waals surface area contributed by atoms with Crippen molar-refractivity contribution in [1.82, 2.24) is 4.90 Å². The van der Waals surface area contributed by atoms with Gasteiger partial charge in [0.1, 0.15) is 0 Å². The Labute approximate surface area is 111 Å². The molecule has 0 aromatic heterocycles. The monoisotopic (exact) mass is 246 g/mol. The van der Waals surface area contributed by atoms with Crippen LogP contribution in [-0.4, -0.2) is 24.0 Å². The molecule has 1 saturated heterocycles. The third-order valence-electron chi connectivity index (χ3n) is 4.19. The van der Waals surface area contributed by atoms with Crippen LogP contribution >= 0.6 is 0 Å². The van der Waals surface area contributed by atoms with Crippen molar-refractivity contribution in [3.63, 3.8) is 0 Å². The van der Waals surface area contributed by atoms with E-state index in [1.807, 2.05) is 0 Å². The molecule has 2 atom stereocenters. The molecule has 0 bridgehead atoms. The average Bonchev–Trinajstić information content (AvgIpc) is 2.40. The molecular weight excluding hydrogens is 220 g/mol. The Morgan fingerprint density at radius 1 is 1.28 bits per heavy atom. The van der Waals surface area contributed by atoms with Crippen LogP contribution in [0.5, 0.6) is 0 Å². The molecule has 1 fully saturated rings. The Morgan fingerprint density at radius 3 is 2.67 bits per heavy atom. The van der Waals surface area contributed by atoms with E-state index in [1.54, 1.807) is 0 Å². The summed E-state index contributed by atoms with van der Waals surface area (Å²) in [6.45, 7) is 6.62. The minimum Gasteiger partial charge on any atom is -0.321 e. The van der Waals surface area contributed by atoms with E-state index in [9.17, 15) is 0 Å². The highest BCUT2D eigenvalue weighted by Crippen LogP contribution is 2.25. The lowest BCUT2D eigenvalue weighted by Crippen LogP contribution is -2.50. The molecule has 1 aliphatic rings. The van der Waals surface area contributed by atoms with Crippen molar-refractivity contribution < 1.29 is 0 Å². The van der Waals surface area contributed by atoms with Crippen molar-refractivity contribution in [3.8, 4) is 0 Å². The molecule has 18 heavy (non-hydrogen) atoms. The minimum absolute atomic E-state index is 0.244. The standard InChI is InChI=1S/C16H26N2/c1-3-15-11-7-8-12-18(15)13-16(2,17)14-9-5-4-6-10-14/h4-6,9-10,15H,3,7-8,11-13,17H2,1-2H3. The van der Waals surface area contributed by atoms with Gasteiger partial charge in [-0.15, -0.1) is 0 Å². The van der Waals surface area contributed by atoms with E-state index >= 15 is 0 Å². The van der Waals surface area contributed by atoms with E-state index < -0.39 is 0 Å². The van der Waals surface area contributed by atoms with Gasteiger partial charge in [-0.2, -0.15) is 0 Å².